The van der Waals surface area contributed by atoms with Crippen molar-refractivity contribution in [2.45, 2.75) is 43.7 Å². The molecule has 1 aromatic carbocycles. The average Bonchev–Trinajstić information content (AvgIpc) is 3.46. The average molecular weight is 459 g/mol. The highest BCUT2D eigenvalue weighted by Crippen LogP contribution is 2.41. The molecule has 9 heteroatoms. The molecule has 4 aliphatic heterocycles. The number of anilines is 1. The molecule has 1 spiro atoms. The molecule has 0 bridgehead atoms. The van der Waals surface area contributed by atoms with Crippen molar-refractivity contribution in [3.05, 3.63) is 36.0 Å². The maximum Gasteiger partial charge on any atom is 0.318 e. The van der Waals surface area contributed by atoms with E-state index in [9.17, 15) is 4.39 Å². The summed E-state index contributed by atoms with van der Waals surface area (Å²) in [4.78, 5) is 4.62. The summed E-state index contributed by atoms with van der Waals surface area (Å²) in [6.45, 7) is 8.56. The first kappa shape index (κ1) is 21.3. The molecule has 0 radical (unpaired) electrons. The smallest absolute Gasteiger partial charge is 0.318 e. The van der Waals surface area contributed by atoms with E-state index in [4.69, 9.17) is 18.6 Å². The fourth-order valence-electron chi connectivity index (χ4n) is 5.70. The van der Waals surface area contributed by atoms with Crippen LogP contribution >= 0.6 is 0 Å². The molecule has 1 atom stereocenters. The molecule has 8 nitrogen and oxygen atoms in total. The van der Waals surface area contributed by atoms with Gasteiger partial charge in [0.2, 0.25) is 6.39 Å². The van der Waals surface area contributed by atoms with Gasteiger partial charge in [0, 0.05) is 17.0 Å². The van der Waals surface area contributed by atoms with Gasteiger partial charge in [-0.15, -0.1) is 5.10 Å². The van der Waals surface area contributed by atoms with Crippen LogP contribution in [-0.4, -0.2) is 79.3 Å². The van der Waals surface area contributed by atoms with Gasteiger partial charge in [-0.25, -0.2) is 4.39 Å². The number of ether oxygens (including phenoxy) is 3. The van der Waals surface area contributed by atoms with Crippen LogP contribution in [0, 0.1) is 11.2 Å². The third-order valence-corrected chi connectivity index (χ3v) is 7.70. The van der Waals surface area contributed by atoms with Gasteiger partial charge in [-0.05, 0) is 56.5 Å². The lowest BCUT2D eigenvalue weighted by Crippen LogP contribution is -2.62. The first-order chi connectivity index (χ1) is 16.0. The van der Waals surface area contributed by atoms with Crippen LogP contribution in [0.25, 0.3) is 0 Å². The van der Waals surface area contributed by atoms with Crippen LogP contribution in [-0.2, 0) is 9.47 Å². The van der Waals surface area contributed by atoms with E-state index in [2.05, 4.69) is 26.9 Å². The molecule has 4 saturated heterocycles. The number of hydrogen-bond donors (Lipinski definition) is 0. The first-order valence-corrected chi connectivity index (χ1v) is 11.9. The Morgan fingerprint density at radius 2 is 2.03 bits per heavy atom. The van der Waals surface area contributed by atoms with Gasteiger partial charge in [0.05, 0.1) is 39.5 Å². The molecule has 6 rings (SSSR count). The number of benzene rings is 1. The van der Waals surface area contributed by atoms with Crippen LogP contribution in [0.4, 0.5) is 10.4 Å². The number of nitrogens with zero attached hydrogens (tertiary/aromatic N) is 4. The Morgan fingerprint density at radius 3 is 2.73 bits per heavy atom. The zero-order valence-electron chi connectivity index (χ0n) is 19.0. The molecular formula is C24H31FN4O4. The summed E-state index contributed by atoms with van der Waals surface area (Å²) < 4.78 is 37.2. The van der Waals surface area contributed by atoms with E-state index in [1.807, 2.05) is 0 Å². The van der Waals surface area contributed by atoms with Gasteiger partial charge in [-0.2, -0.15) is 0 Å². The van der Waals surface area contributed by atoms with E-state index in [0.29, 0.717) is 24.6 Å². The minimum atomic E-state index is -0.195. The summed E-state index contributed by atoms with van der Waals surface area (Å²) >= 11 is 0. The summed E-state index contributed by atoms with van der Waals surface area (Å²) in [7, 11) is 0. The SMILES string of the molecule is CC1(COc2ccc(F)cc2C2CCN([C@@H]3COC4(C3)CN(c3nnco3)C4)CC2)COC1. The van der Waals surface area contributed by atoms with Crippen molar-refractivity contribution >= 4 is 6.01 Å². The summed E-state index contributed by atoms with van der Waals surface area (Å²) in [5.41, 5.74) is 0.974. The van der Waals surface area contributed by atoms with Crippen LogP contribution in [0.5, 0.6) is 5.75 Å². The molecule has 0 amide bonds. The largest absolute Gasteiger partial charge is 0.493 e. The fourth-order valence-corrected chi connectivity index (χ4v) is 5.70. The molecule has 4 fully saturated rings. The minimum Gasteiger partial charge on any atom is -0.493 e. The topological polar surface area (TPSA) is 73.1 Å². The molecule has 2 aromatic rings. The van der Waals surface area contributed by atoms with E-state index in [0.717, 1.165) is 76.6 Å². The molecule has 4 aliphatic rings. The lowest BCUT2D eigenvalue weighted by atomic mass is 9.86. The Kier molecular flexibility index (Phi) is 5.31. The lowest BCUT2D eigenvalue weighted by Gasteiger charge is -2.46. The van der Waals surface area contributed by atoms with Gasteiger partial charge in [-0.1, -0.05) is 12.0 Å². The molecule has 0 aliphatic carbocycles. The molecule has 178 valence electrons. The molecule has 0 unspecified atom stereocenters. The molecular weight excluding hydrogens is 427 g/mol. The Morgan fingerprint density at radius 1 is 1.21 bits per heavy atom. The predicted molar refractivity (Wildman–Crippen MR) is 118 cm³/mol. The van der Waals surface area contributed by atoms with E-state index >= 15 is 0 Å². The number of likely N-dealkylation sites (tertiary alicyclic amines) is 1. The van der Waals surface area contributed by atoms with Crippen LogP contribution in [0.2, 0.25) is 0 Å². The van der Waals surface area contributed by atoms with Crippen molar-refractivity contribution in [3.63, 3.8) is 0 Å². The van der Waals surface area contributed by atoms with Crippen LogP contribution in [0.3, 0.4) is 0 Å². The lowest BCUT2D eigenvalue weighted by molar-refractivity contribution is -0.120. The number of halogens is 1. The van der Waals surface area contributed by atoms with Gasteiger partial charge in [-0.3, -0.25) is 4.90 Å². The highest BCUT2D eigenvalue weighted by atomic mass is 19.1. The van der Waals surface area contributed by atoms with E-state index < -0.39 is 0 Å². The number of piperidine rings is 1. The summed E-state index contributed by atoms with van der Waals surface area (Å²) in [6, 6.07) is 5.96. The van der Waals surface area contributed by atoms with Gasteiger partial charge in [0.1, 0.15) is 17.2 Å². The zero-order valence-corrected chi connectivity index (χ0v) is 19.0. The van der Waals surface area contributed by atoms with Crippen molar-refractivity contribution in [3.8, 4) is 5.75 Å². The maximum absolute atomic E-state index is 14.1. The quantitative estimate of drug-likeness (QED) is 0.655. The molecule has 33 heavy (non-hydrogen) atoms. The van der Waals surface area contributed by atoms with Crippen LogP contribution in [0.1, 0.15) is 37.7 Å². The fraction of sp³-hybridized carbons (Fsp3) is 0.667. The third kappa shape index (κ3) is 4.11. The van der Waals surface area contributed by atoms with Gasteiger partial charge in [0.15, 0.2) is 0 Å². The second-order valence-electron chi connectivity index (χ2n) is 10.5. The molecule has 0 saturated carbocycles. The molecule has 1 aromatic heterocycles. The highest BCUT2D eigenvalue weighted by Gasteiger charge is 2.52. The normalized spacial score (nSPS) is 26.8. The zero-order chi connectivity index (χ0) is 22.5. The van der Waals surface area contributed by atoms with Crippen molar-refractivity contribution in [2.75, 3.05) is 57.5 Å². The summed E-state index contributed by atoms with van der Waals surface area (Å²) in [5, 5.41) is 7.74. The Bertz CT molecular complexity index is 969. The monoisotopic (exact) mass is 458 g/mol. The third-order valence-electron chi connectivity index (χ3n) is 7.70. The van der Waals surface area contributed by atoms with Crippen molar-refractivity contribution in [2.24, 2.45) is 5.41 Å². The van der Waals surface area contributed by atoms with E-state index in [1.165, 1.54) is 12.5 Å². The number of hydrogen-bond acceptors (Lipinski definition) is 8. The van der Waals surface area contributed by atoms with Crippen molar-refractivity contribution in [1.29, 1.82) is 0 Å². The number of rotatable bonds is 6. The van der Waals surface area contributed by atoms with Gasteiger partial charge < -0.3 is 23.5 Å². The standard InChI is InChI=1S/C24H31FN4O4/c1-23(13-30-14-23)15-31-21-3-2-18(25)8-20(21)17-4-6-28(7-5-17)19-9-24(33-10-19)11-29(12-24)22-27-26-16-32-22/h2-3,8,16-17,19H,4-7,9-15H2,1H3/t19-/m0/s1. The molecule has 5 heterocycles. The van der Waals surface area contributed by atoms with Gasteiger partial charge in [0.25, 0.3) is 0 Å². The summed E-state index contributed by atoms with van der Waals surface area (Å²) in [6.07, 6.45) is 4.38. The number of aromatic nitrogens is 2. The van der Waals surface area contributed by atoms with Crippen molar-refractivity contribution in [1.82, 2.24) is 15.1 Å². The Balaban J connectivity index is 1.04. The maximum atomic E-state index is 14.1. The van der Waals surface area contributed by atoms with Crippen molar-refractivity contribution < 1.29 is 23.0 Å². The minimum absolute atomic E-state index is 0.0636. The predicted octanol–water partition coefficient (Wildman–Crippen LogP) is 2.85. The van der Waals surface area contributed by atoms with Crippen LogP contribution < -0.4 is 9.64 Å². The highest BCUT2D eigenvalue weighted by molar-refractivity contribution is 5.38. The van der Waals surface area contributed by atoms with Crippen LogP contribution in [0.15, 0.2) is 29.0 Å². The van der Waals surface area contributed by atoms with E-state index in [-0.39, 0.29) is 16.8 Å². The Labute approximate surface area is 193 Å². The second kappa shape index (κ2) is 8.21. The van der Waals surface area contributed by atoms with E-state index in [1.54, 1.807) is 12.1 Å². The summed E-state index contributed by atoms with van der Waals surface area (Å²) in [5.74, 6) is 0.937. The first-order valence-electron chi connectivity index (χ1n) is 11.9. The second-order valence-corrected chi connectivity index (χ2v) is 10.5. The van der Waals surface area contributed by atoms with Gasteiger partial charge >= 0.3 is 6.01 Å². The molecule has 0 N–H and O–H groups in total. The Hall–Kier alpha value is -2.23.